The highest BCUT2D eigenvalue weighted by molar-refractivity contribution is 5.74. The predicted molar refractivity (Wildman–Crippen MR) is 42.5 cm³/mol. The van der Waals surface area contributed by atoms with Crippen molar-refractivity contribution >= 4 is 6.29 Å². The van der Waals surface area contributed by atoms with Gasteiger partial charge in [0.1, 0.15) is 12.3 Å². The molecule has 0 radical (unpaired) electrons. The zero-order chi connectivity index (χ0) is 8.55. The van der Waals surface area contributed by atoms with Gasteiger partial charge in [-0.1, -0.05) is 6.92 Å². The summed E-state index contributed by atoms with van der Waals surface area (Å²) in [7, 11) is 0. The Morgan fingerprint density at radius 2 is 2.58 bits per heavy atom. The third kappa shape index (κ3) is 0.841. The highest BCUT2D eigenvalue weighted by Gasteiger charge is 2.20. The van der Waals surface area contributed by atoms with Gasteiger partial charge in [0.15, 0.2) is 6.29 Å². The second kappa shape index (κ2) is 2.62. The Hall–Kier alpha value is -1.32. The second-order valence-corrected chi connectivity index (χ2v) is 2.70. The summed E-state index contributed by atoms with van der Waals surface area (Å²) in [5.74, 6) is 0. The average molecular weight is 166 g/mol. The summed E-state index contributed by atoms with van der Waals surface area (Å²) in [6.07, 6.45) is 1.63. The molecule has 0 saturated heterocycles. The van der Waals surface area contributed by atoms with Crippen molar-refractivity contribution in [2.75, 3.05) is 6.61 Å². The van der Waals surface area contributed by atoms with Gasteiger partial charge in [0.05, 0.1) is 12.2 Å². The van der Waals surface area contributed by atoms with E-state index in [2.05, 4.69) is 4.98 Å². The molecule has 0 aliphatic carbocycles. The van der Waals surface area contributed by atoms with Crippen LogP contribution in [-0.2, 0) is 13.0 Å². The van der Waals surface area contributed by atoms with Crippen molar-refractivity contribution in [2.45, 2.75) is 19.9 Å². The zero-order valence-corrected chi connectivity index (χ0v) is 6.91. The van der Waals surface area contributed by atoms with Crippen LogP contribution in [0.1, 0.15) is 23.1 Å². The average Bonchev–Trinajstić information content (AvgIpc) is 2.61. The molecule has 4 nitrogen and oxygen atoms in total. The summed E-state index contributed by atoms with van der Waals surface area (Å²) in [5.41, 5.74) is 1.50. The summed E-state index contributed by atoms with van der Waals surface area (Å²) in [5, 5.41) is 0. The van der Waals surface area contributed by atoms with Crippen LogP contribution in [0.2, 0.25) is 0 Å². The van der Waals surface area contributed by atoms with Crippen LogP contribution < -0.4 is 4.74 Å². The molecular weight excluding hydrogens is 156 g/mol. The smallest absolute Gasteiger partial charge is 0.297 e. The first-order chi connectivity index (χ1) is 5.86. The highest BCUT2D eigenvalue weighted by atomic mass is 16.5. The molecule has 1 aromatic heterocycles. The SMILES string of the molecule is CCc1nc2n(c1C=O)CCO2. The van der Waals surface area contributed by atoms with Crippen molar-refractivity contribution in [2.24, 2.45) is 0 Å². The van der Waals surface area contributed by atoms with E-state index >= 15 is 0 Å². The molecule has 0 N–H and O–H groups in total. The molecule has 1 aliphatic heterocycles. The molecule has 1 aromatic rings. The third-order valence-corrected chi connectivity index (χ3v) is 2.04. The van der Waals surface area contributed by atoms with Crippen molar-refractivity contribution < 1.29 is 9.53 Å². The van der Waals surface area contributed by atoms with Crippen LogP contribution in [0.25, 0.3) is 0 Å². The van der Waals surface area contributed by atoms with Gasteiger partial charge < -0.3 is 4.74 Å². The number of rotatable bonds is 2. The van der Waals surface area contributed by atoms with Gasteiger partial charge in [-0.25, -0.2) is 0 Å². The number of carbonyl (C=O) groups excluding carboxylic acids is 1. The van der Waals surface area contributed by atoms with Crippen LogP contribution in [0.4, 0.5) is 0 Å². The van der Waals surface area contributed by atoms with Crippen LogP contribution in [-0.4, -0.2) is 22.4 Å². The Bertz CT molecular complexity index is 317. The number of ether oxygens (including phenoxy) is 1. The molecule has 4 heteroatoms. The Labute approximate surface area is 70.2 Å². The van der Waals surface area contributed by atoms with E-state index in [0.29, 0.717) is 18.3 Å². The lowest BCUT2D eigenvalue weighted by Crippen LogP contribution is -2.01. The molecule has 0 aromatic carbocycles. The molecule has 0 spiro atoms. The van der Waals surface area contributed by atoms with Crippen molar-refractivity contribution in [1.29, 1.82) is 0 Å². The van der Waals surface area contributed by atoms with E-state index in [1.54, 1.807) is 0 Å². The number of nitrogens with zero attached hydrogens (tertiary/aromatic N) is 2. The Kier molecular flexibility index (Phi) is 1.60. The lowest BCUT2D eigenvalue weighted by molar-refractivity contribution is 0.111. The molecule has 12 heavy (non-hydrogen) atoms. The van der Waals surface area contributed by atoms with Crippen LogP contribution in [0.5, 0.6) is 6.01 Å². The van der Waals surface area contributed by atoms with Crippen molar-refractivity contribution in [1.82, 2.24) is 9.55 Å². The normalized spacial score (nSPS) is 14.1. The minimum absolute atomic E-state index is 0.592. The number of fused-ring (bicyclic) bond motifs is 1. The van der Waals surface area contributed by atoms with Gasteiger partial charge in [0.2, 0.25) is 0 Å². The predicted octanol–water partition coefficient (Wildman–Crippen LogP) is 0.650. The third-order valence-electron chi connectivity index (χ3n) is 2.04. The number of imidazole rings is 1. The van der Waals surface area contributed by atoms with Crippen molar-refractivity contribution in [3.05, 3.63) is 11.4 Å². The fraction of sp³-hybridized carbons (Fsp3) is 0.500. The summed E-state index contributed by atoms with van der Waals surface area (Å²) < 4.78 is 7.04. The van der Waals surface area contributed by atoms with E-state index in [1.165, 1.54) is 0 Å². The van der Waals surface area contributed by atoms with E-state index in [1.807, 2.05) is 11.5 Å². The number of aromatic nitrogens is 2. The molecule has 0 fully saturated rings. The maximum Gasteiger partial charge on any atom is 0.297 e. The monoisotopic (exact) mass is 166 g/mol. The summed E-state index contributed by atoms with van der Waals surface area (Å²) in [4.78, 5) is 14.9. The van der Waals surface area contributed by atoms with Gasteiger partial charge >= 0.3 is 0 Å². The first-order valence-corrected chi connectivity index (χ1v) is 4.04. The van der Waals surface area contributed by atoms with Gasteiger partial charge in [-0.2, -0.15) is 4.98 Å². The minimum atomic E-state index is 0.592. The van der Waals surface area contributed by atoms with Crippen LogP contribution in [0, 0.1) is 0 Å². The van der Waals surface area contributed by atoms with Crippen molar-refractivity contribution in [3.8, 4) is 6.01 Å². The molecule has 1 aliphatic rings. The quantitative estimate of drug-likeness (QED) is 0.606. The maximum atomic E-state index is 10.7. The van der Waals surface area contributed by atoms with Crippen LogP contribution >= 0.6 is 0 Å². The second-order valence-electron chi connectivity index (χ2n) is 2.70. The molecular formula is C8H10N2O2. The topological polar surface area (TPSA) is 44.1 Å². The number of hydrogen-bond acceptors (Lipinski definition) is 3. The molecule has 2 rings (SSSR count). The number of aryl methyl sites for hydroxylation is 1. The number of aldehydes is 1. The maximum absolute atomic E-state index is 10.7. The highest BCUT2D eigenvalue weighted by Crippen LogP contribution is 2.21. The molecule has 0 saturated carbocycles. The first-order valence-electron chi connectivity index (χ1n) is 4.04. The van der Waals surface area contributed by atoms with Gasteiger partial charge in [0.25, 0.3) is 6.01 Å². The minimum Gasteiger partial charge on any atom is -0.463 e. The summed E-state index contributed by atoms with van der Waals surface area (Å²) in [6, 6.07) is 0.592. The van der Waals surface area contributed by atoms with Gasteiger partial charge in [0, 0.05) is 0 Å². The standard InChI is InChI=1S/C8H10N2O2/c1-2-6-7(5-11)10-3-4-12-8(10)9-6/h5H,2-4H2,1H3. The van der Waals surface area contributed by atoms with Gasteiger partial charge in [-0.05, 0) is 6.42 Å². The van der Waals surface area contributed by atoms with E-state index in [9.17, 15) is 4.79 Å². The number of hydrogen-bond donors (Lipinski definition) is 0. The fourth-order valence-corrected chi connectivity index (χ4v) is 1.44. The fourth-order valence-electron chi connectivity index (χ4n) is 1.44. The zero-order valence-electron chi connectivity index (χ0n) is 6.91. The molecule has 64 valence electrons. The van der Waals surface area contributed by atoms with Crippen LogP contribution in [0.3, 0.4) is 0 Å². The summed E-state index contributed by atoms with van der Waals surface area (Å²) in [6.45, 7) is 3.36. The lowest BCUT2D eigenvalue weighted by Gasteiger charge is -1.94. The first kappa shape index (κ1) is 7.34. The van der Waals surface area contributed by atoms with E-state index < -0.39 is 0 Å². The molecule has 0 unspecified atom stereocenters. The Balaban J connectivity index is 2.53. The van der Waals surface area contributed by atoms with E-state index in [-0.39, 0.29) is 0 Å². The lowest BCUT2D eigenvalue weighted by atomic mass is 10.3. The summed E-state index contributed by atoms with van der Waals surface area (Å²) >= 11 is 0. The Morgan fingerprint density at radius 3 is 3.25 bits per heavy atom. The van der Waals surface area contributed by atoms with E-state index in [4.69, 9.17) is 4.74 Å². The van der Waals surface area contributed by atoms with Crippen LogP contribution in [0.15, 0.2) is 0 Å². The Morgan fingerprint density at radius 1 is 1.75 bits per heavy atom. The van der Waals surface area contributed by atoms with E-state index in [0.717, 1.165) is 24.9 Å². The number of carbonyl (C=O) groups is 1. The van der Waals surface area contributed by atoms with Gasteiger partial charge in [-0.15, -0.1) is 0 Å². The van der Waals surface area contributed by atoms with Crippen molar-refractivity contribution in [3.63, 3.8) is 0 Å². The molecule has 0 amide bonds. The molecule has 2 heterocycles. The van der Waals surface area contributed by atoms with Gasteiger partial charge in [-0.3, -0.25) is 9.36 Å². The molecule has 0 atom stereocenters. The molecule has 0 bridgehead atoms. The largest absolute Gasteiger partial charge is 0.463 e.